The molecular formula is C31H40F3N5O4. The maximum atomic E-state index is 15.1. The van der Waals surface area contributed by atoms with Gasteiger partial charge in [0.15, 0.2) is 6.23 Å². The molecule has 3 N–H and O–H groups in total. The quantitative estimate of drug-likeness (QED) is 0.330. The molecule has 7 unspecified atom stereocenters. The number of benzene rings is 2. The summed E-state index contributed by atoms with van der Waals surface area (Å²) in [4.78, 5) is 14.6. The van der Waals surface area contributed by atoms with E-state index < -0.39 is 36.3 Å². The van der Waals surface area contributed by atoms with Gasteiger partial charge in [-0.25, -0.2) is 10.9 Å². The van der Waals surface area contributed by atoms with Crippen LogP contribution in [0.1, 0.15) is 68.4 Å². The van der Waals surface area contributed by atoms with Crippen LogP contribution in [0.25, 0.3) is 0 Å². The van der Waals surface area contributed by atoms with Crippen molar-refractivity contribution in [2.75, 3.05) is 6.54 Å². The van der Waals surface area contributed by atoms with Crippen molar-refractivity contribution in [3.8, 4) is 0 Å². The van der Waals surface area contributed by atoms with Gasteiger partial charge in [0.1, 0.15) is 12.3 Å². The zero-order valence-electron chi connectivity index (χ0n) is 24.0. The van der Waals surface area contributed by atoms with Crippen LogP contribution in [-0.2, 0) is 16.1 Å². The van der Waals surface area contributed by atoms with E-state index in [4.69, 9.17) is 9.47 Å². The molecule has 43 heavy (non-hydrogen) atoms. The number of piperidine rings is 1. The maximum Gasteiger partial charge on any atom is 0.421 e. The highest BCUT2D eigenvalue weighted by Crippen LogP contribution is 2.44. The average Bonchev–Trinajstić information content (AvgIpc) is 3.68. The van der Waals surface area contributed by atoms with Crippen molar-refractivity contribution >= 4 is 0 Å². The number of nitrogens with zero attached hydrogens (tertiary/aromatic N) is 2. The number of hydrazine groups is 1. The summed E-state index contributed by atoms with van der Waals surface area (Å²) in [7, 11) is 0. The van der Waals surface area contributed by atoms with Crippen LogP contribution in [0.15, 0.2) is 60.7 Å². The molecular weight excluding hydrogens is 563 g/mol. The van der Waals surface area contributed by atoms with Gasteiger partial charge in [0.2, 0.25) is 11.6 Å². The zero-order chi connectivity index (χ0) is 30.0. The Labute approximate surface area is 249 Å². The van der Waals surface area contributed by atoms with E-state index in [-0.39, 0.29) is 42.5 Å². The Morgan fingerprint density at radius 3 is 2.44 bits per heavy atom. The molecule has 12 heteroatoms. The Morgan fingerprint density at radius 2 is 1.72 bits per heavy atom. The molecule has 4 aliphatic rings. The SMILES string of the molecule is O=[N+]([O-])C1CC(c2ccccc2)C2NC1C1NNC(O1)C(OCc1ccccc1)(C(F)(F)F)CCCCC[C@H]1CCCN21. The molecule has 8 atom stereocenters. The number of ether oxygens (including phenoxy) is 2. The summed E-state index contributed by atoms with van der Waals surface area (Å²) in [6, 6.07) is 16.9. The molecule has 0 amide bonds. The standard InChI is InChI=1S/C31H40F3N5O4/c32-31(33,34)30(42-20-21-11-4-1-5-12-21)17-9-3-8-15-23-16-10-18-38(23)27-24(22-13-6-2-7-14-22)19-25(39(40)41)26(35-27)28-36-37-29(30)43-28/h1-2,4-7,11-14,23-29,35-37H,3,8-10,15-20H2/t23-,24?,25?,26?,27?,28?,29?,30?/m0/s1. The Bertz CT molecular complexity index is 1220. The lowest BCUT2D eigenvalue weighted by Crippen LogP contribution is -2.67. The number of halogens is 3. The molecule has 0 aromatic heterocycles. The van der Waals surface area contributed by atoms with Gasteiger partial charge in [0.05, 0.1) is 12.8 Å². The normalized spacial score (nSPS) is 35.7. The third-order valence-corrected chi connectivity index (χ3v) is 9.73. The lowest BCUT2D eigenvalue weighted by molar-refractivity contribution is -0.534. The van der Waals surface area contributed by atoms with Crippen LogP contribution in [0.4, 0.5) is 13.2 Å². The van der Waals surface area contributed by atoms with Crippen molar-refractivity contribution in [1.82, 2.24) is 21.1 Å². The third kappa shape index (κ3) is 6.18. The second kappa shape index (κ2) is 12.8. The van der Waals surface area contributed by atoms with E-state index in [1.165, 1.54) is 0 Å². The molecule has 4 fully saturated rings. The predicted molar refractivity (Wildman–Crippen MR) is 153 cm³/mol. The van der Waals surface area contributed by atoms with E-state index in [1.54, 1.807) is 30.3 Å². The van der Waals surface area contributed by atoms with Crippen molar-refractivity contribution in [2.24, 2.45) is 0 Å². The van der Waals surface area contributed by atoms with E-state index in [9.17, 15) is 10.1 Å². The summed E-state index contributed by atoms with van der Waals surface area (Å²) < 4.78 is 57.2. The van der Waals surface area contributed by atoms with E-state index >= 15 is 13.2 Å². The average molecular weight is 604 g/mol. The fourth-order valence-electron chi connectivity index (χ4n) is 7.50. The van der Waals surface area contributed by atoms with Crippen LogP contribution >= 0.6 is 0 Å². The highest BCUT2D eigenvalue weighted by atomic mass is 19.4. The second-order valence-corrected chi connectivity index (χ2v) is 12.3. The third-order valence-electron chi connectivity index (χ3n) is 9.73. The van der Waals surface area contributed by atoms with E-state index in [0.717, 1.165) is 37.8 Å². The molecule has 4 aliphatic heterocycles. The van der Waals surface area contributed by atoms with E-state index in [1.807, 2.05) is 30.3 Å². The Hall–Kier alpha value is -2.61. The Morgan fingerprint density at radius 1 is 1.00 bits per heavy atom. The smallest absolute Gasteiger partial charge is 0.357 e. The van der Waals surface area contributed by atoms with Crippen LogP contribution in [0.2, 0.25) is 0 Å². The summed E-state index contributed by atoms with van der Waals surface area (Å²) in [5.41, 5.74) is 4.56. The van der Waals surface area contributed by atoms with Gasteiger partial charge in [-0.1, -0.05) is 79.9 Å². The fourth-order valence-corrected chi connectivity index (χ4v) is 7.50. The number of nitro groups is 1. The highest BCUT2D eigenvalue weighted by Gasteiger charge is 2.64. The fraction of sp³-hybridized carbons (Fsp3) is 0.613. The van der Waals surface area contributed by atoms with Crippen molar-refractivity contribution in [3.05, 3.63) is 81.9 Å². The van der Waals surface area contributed by atoms with Gasteiger partial charge in [-0.3, -0.25) is 20.3 Å². The number of hydrogen-bond donors (Lipinski definition) is 3. The maximum absolute atomic E-state index is 15.1. The number of fused-ring (bicyclic) bond motifs is 7. The van der Waals surface area contributed by atoms with Crippen molar-refractivity contribution < 1.29 is 27.6 Å². The summed E-state index contributed by atoms with van der Waals surface area (Å²) in [5.74, 6) is -0.157. The number of alkyl halides is 3. The van der Waals surface area contributed by atoms with Crippen LogP contribution in [0, 0.1) is 10.1 Å². The zero-order valence-corrected chi connectivity index (χ0v) is 24.0. The molecule has 6 rings (SSSR count). The van der Waals surface area contributed by atoms with Crippen molar-refractivity contribution in [2.45, 2.75) is 112 Å². The van der Waals surface area contributed by atoms with E-state index in [0.29, 0.717) is 18.4 Å². The monoisotopic (exact) mass is 603 g/mol. The van der Waals surface area contributed by atoms with Crippen molar-refractivity contribution in [3.63, 3.8) is 0 Å². The van der Waals surface area contributed by atoms with Crippen LogP contribution in [0.3, 0.4) is 0 Å². The number of nitrogens with one attached hydrogen (secondary N) is 3. The molecule has 0 radical (unpaired) electrons. The van der Waals surface area contributed by atoms with E-state index in [2.05, 4.69) is 21.1 Å². The van der Waals surface area contributed by atoms with Crippen molar-refractivity contribution in [1.29, 1.82) is 0 Å². The molecule has 234 valence electrons. The highest BCUT2D eigenvalue weighted by molar-refractivity contribution is 5.24. The van der Waals surface area contributed by atoms with Crippen LogP contribution in [-0.4, -0.2) is 64.9 Å². The lowest BCUT2D eigenvalue weighted by Gasteiger charge is -2.46. The first kappa shape index (κ1) is 30.4. The molecule has 2 aromatic carbocycles. The minimum Gasteiger partial charge on any atom is -0.357 e. The molecule has 4 saturated heterocycles. The molecule has 0 spiro atoms. The Kier molecular flexibility index (Phi) is 9.04. The molecule has 9 nitrogen and oxygen atoms in total. The number of rotatable bonds is 5. The molecule has 0 aliphatic carbocycles. The summed E-state index contributed by atoms with van der Waals surface area (Å²) >= 11 is 0. The van der Waals surface area contributed by atoms with Crippen LogP contribution in [0.5, 0.6) is 0 Å². The minimum absolute atomic E-state index is 0.157. The van der Waals surface area contributed by atoms with Crippen LogP contribution < -0.4 is 16.2 Å². The second-order valence-electron chi connectivity index (χ2n) is 12.3. The first-order chi connectivity index (χ1) is 20.8. The first-order valence-electron chi connectivity index (χ1n) is 15.4. The molecule has 4 heterocycles. The van der Waals surface area contributed by atoms with Gasteiger partial charge in [-0.2, -0.15) is 13.2 Å². The van der Waals surface area contributed by atoms with Gasteiger partial charge in [-0.05, 0) is 43.4 Å². The van der Waals surface area contributed by atoms with Gasteiger partial charge in [-0.15, -0.1) is 0 Å². The summed E-state index contributed by atoms with van der Waals surface area (Å²) in [5, 5.41) is 16.0. The van der Waals surface area contributed by atoms with Gasteiger partial charge in [0, 0.05) is 23.3 Å². The largest absolute Gasteiger partial charge is 0.421 e. The summed E-state index contributed by atoms with van der Waals surface area (Å²) in [6.07, 6.45) is -3.10. The van der Waals surface area contributed by atoms with Gasteiger partial charge < -0.3 is 9.47 Å². The predicted octanol–water partition coefficient (Wildman–Crippen LogP) is 4.83. The van der Waals surface area contributed by atoms with Gasteiger partial charge >= 0.3 is 6.18 Å². The summed E-state index contributed by atoms with van der Waals surface area (Å²) in [6.45, 7) is 0.621. The Balaban J connectivity index is 1.34. The minimum atomic E-state index is -4.77. The lowest BCUT2D eigenvalue weighted by atomic mass is 9.81. The first-order valence-corrected chi connectivity index (χ1v) is 15.4. The molecule has 0 saturated carbocycles. The molecule has 4 bridgehead atoms. The van der Waals surface area contributed by atoms with Gasteiger partial charge in [0.25, 0.3) is 0 Å². The number of hydrogen-bond acceptors (Lipinski definition) is 8. The molecule has 2 aromatic rings. The topological polar surface area (TPSA) is 101 Å².